The van der Waals surface area contributed by atoms with Crippen molar-refractivity contribution in [1.29, 1.82) is 0 Å². The maximum absolute atomic E-state index is 12.1. The number of hydrogen-bond acceptors (Lipinski definition) is 2. The van der Waals surface area contributed by atoms with E-state index in [0.29, 0.717) is 24.7 Å². The molecule has 0 radical (unpaired) electrons. The summed E-state index contributed by atoms with van der Waals surface area (Å²) in [4.78, 5) is 26.0. The van der Waals surface area contributed by atoms with E-state index in [1.54, 1.807) is 22.9 Å². The van der Waals surface area contributed by atoms with Gasteiger partial charge in [-0.1, -0.05) is 23.7 Å². The largest absolute Gasteiger partial charge is 0.481 e. The van der Waals surface area contributed by atoms with Gasteiger partial charge in [-0.2, -0.15) is 0 Å². The number of halogens is 1. The quantitative estimate of drug-likeness (QED) is 0.927. The molecule has 1 N–H and O–H groups in total. The molecule has 20 heavy (non-hydrogen) atoms. The zero-order valence-corrected chi connectivity index (χ0v) is 12.0. The first-order valence-electron chi connectivity index (χ1n) is 6.42. The zero-order chi connectivity index (χ0) is 14.7. The summed E-state index contributed by atoms with van der Waals surface area (Å²) in [6.07, 6.45) is 0.127. The van der Waals surface area contributed by atoms with E-state index in [0.717, 1.165) is 5.56 Å². The zero-order valence-electron chi connectivity index (χ0n) is 11.3. The summed E-state index contributed by atoms with van der Waals surface area (Å²) in [6, 6.07) is 7.31. The van der Waals surface area contributed by atoms with Gasteiger partial charge >= 0.3 is 12.0 Å². The highest BCUT2D eigenvalue weighted by Crippen LogP contribution is 2.21. The number of urea groups is 1. The van der Waals surface area contributed by atoms with E-state index < -0.39 is 5.97 Å². The number of rotatable bonds is 4. The molecule has 1 saturated heterocycles. The Balaban J connectivity index is 1.83. The lowest BCUT2D eigenvalue weighted by Crippen LogP contribution is -2.54. The summed E-state index contributed by atoms with van der Waals surface area (Å²) in [5.74, 6) is -0.731. The summed E-state index contributed by atoms with van der Waals surface area (Å²) < 4.78 is 0. The molecule has 5 nitrogen and oxygen atoms in total. The molecule has 0 atom stereocenters. The van der Waals surface area contributed by atoms with E-state index in [2.05, 4.69) is 0 Å². The average molecular weight is 297 g/mol. The van der Waals surface area contributed by atoms with Crippen molar-refractivity contribution in [3.63, 3.8) is 0 Å². The van der Waals surface area contributed by atoms with Gasteiger partial charge in [0.2, 0.25) is 0 Å². The van der Waals surface area contributed by atoms with Crippen molar-refractivity contribution in [1.82, 2.24) is 9.80 Å². The Morgan fingerprint density at radius 2 is 2.15 bits per heavy atom. The number of carbonyl (C=O) groups excluding carboxylic acids is 1. The topological polar surface area (TPSA) is 60.9 Å². The summed E-state index contributed by atoms with van der Waals surface area (Å²) in [7, 11) is 1.73. The maximum Gasteiger partial charge on any atom is 0.320 e. The number of benzene rings is 1. The van der Waals surface area contributed by atoms with E-state index in [4.69, 9.17) is 16.7 Å². The van der Waals surface area contributed by atoms with Crippen molar-refractivity contribution in [3.05, 3.63) is 34.9 Å². The van der Waals surface area contributed by atoms with E-state index in [1.165, 1.54) is 0 Å². The van der Waals surface area contributed by atoms with Crippen LogP contribution in [0, 0.1) is 5.92 Å². The van der Waals surface area contributed by atoms with Gasteiger partial charge in [0.25, 0.3) is 0 Å². The molecule has 2 rings (SSSR count). The molecule has 0 bridgehead atoms. The molecular formula is C14H17ClN2O3. The molecule has 0 spiro atoms. The van der Waals surface area contributed by atoms with Crippen LogP contribution in [0.15, 0.2) is 24.3 Å². The minimum atomic E-state index is -0.811. The van der Waals surface area contributed by atoms with Crippen LogP contribution in [-0.2, 0) is 11.3 Å². The molecule has 1 aliphatic heterocycles. The van der Waals surface area contributed by atoms with Gasteiger partial charge in [-0.05, 0) is 17.7 Å². The van der Waals surface area contributed by atoms with E-state index in [1.807, 2.05) is 18.2 Å². The molecule has 0 aliphatic carbocycles. The number of likely N-dealkylation sites (tertiary alicyclic amines) is 1. The molecule has 1 aliphatic rings. The second-order valence-electron chi connectivity index (χ2n) is 5.14. The molecule has 0 unspecified atom stereocenters. The smallest absolute Gasteiger partial charge is 0.320 e. The highest BCUT2D eigenvalue weighted by Gasteiger charge is 2.33. The third-order valence-electron chi connectivity index (χ3n) is 3.33. The lowest BCUT2D eigenvalue weighted by molar-refractivity contribution is -0.139. The predicted octanol–water partition coefficient (Wildman–Crippen LogP) is 2.30. The van der Waals surface area contributed by atoms with Crippen LogP contribution in [0.1, 0.15) is 12.0 Å². The highest BCUT2D eigenvalue weighted by atomic mass is 35.5. The average Bonchev–Trinajstić information content (AvgIpc) is 2.32. The van der Waals surface area contributed by atoms with Crippen LogP contribution < -0.4 is 0 Å². The Kier molecular flexibility index (Phi) is 4.49. The second kappa shape index (κ2) is 6.13. The van der Waals surface area contributed by atoms with Crippen LogP contribution in [-0.4, -0.2) is 47.0 Å². The first-order chi connectivity index (χ1) is 9.45. The predicted molar refractivity (Wildman–Crippen MR) is 75.6 cm³/mol. The third-order valence-corrected chi connectivity index (χ3v) is 3.56. The fourth-order valence-electron chi connectivity index (χ4n) is 2.32. The van der Waals surface area contributed by atoms with Crippen molar-refractivity contribution in [2.45, 2.75) is 13.0 Å². The van der Waals surface area contributed by atoms with Crippen molar-refractivity contribution in [2.75, 3.05) is 20.1 Å². The fourth-order valence-corrected chi connectivity index (χ4v) is 2.53. The van der Waals surface area contributed by atoms with E-state index in [9.17, 15) is 9.59 Å². The number of carboxylic acid groups (broad SMARTS) is 1. The van der Waals surface area contributed by atoms with Crippen LogP contribution in [0.25, 0.3) is 0 Å². The standard InChI is InChI=1S/C14H17ClN2O3/c1-16(7-10-3-2-4-12(15)5-10)14(20)17-8-11(9-17)6-13(18)19/h2-5,11H,6-9H2,1H3,(H,18,19). The Bertz CT molecular complexity index is 515. The molecule has 1 fully saturated rings. The molecule has 1 heterocycles. The lowest BCUT2D eigenvalue weighted by Gasteiger charge is -2.40. The molecule has 1 aromatic carbocycles. The second-order valence-corrected chi connectivity index (χ2v) is 5.57. The van der Waals surface area contributed by atoms with Crippen molar-refractivity contribution >= 4 is 23.6 Å². The van der Waals surface area contributed by atoms with Gasteiger partial charge in [0.05, 0.1) is 6.42 Å². The van der Waals surface area contributed by atoms with Gasteiger partial charge in [0, 0.05) is 37.6 Å². The van der Waals surface area contributed by atoms with Gasteiger partial charge < -0.3 is 14.9 Å². The van der Waals surface area contributed by atoms with E-state index in [-0.39, 0.29) is 18.4 Å². The fraction of sp³-hybridized carbons (Fsp3) is 0.429. The maximum atomic E-state index is 12.1. The summed E-state index contributed by atoms with van der Waals surface area (Å²) in [5, 5.41) is 9.32. The molecule has 0 saturated carbocycles. The SMILES string of the molecule is CN(Cc1cccc(Cl)c1)C(=O)N1CC(CC(=O)O)C1. The minimum Gasteiger partial charge on any atom is -0.481 e. The number of aliphatic carboxylic acids is 1. The number of carboxylic acids is 1. The minimum absolute atomic E-state index is 0.0772. The molecule has 0 aromatic heterocycles. The molecule has 108 valence electrons. The summed E-state index contributed by atoms with van der Waals surface area (Å²) >= 11 is 5.91. The molecule has 6 heteroatoms. The Morgan fingerprint density at radius 1 is 1.45 bits per heavy atom. The normalized spacial score (nSPS) is 14.8. The highest BCUT2D eigenvalue weighted by molar-refractivity contribution is 6.30. The van der Waals surface area contributed by atoms with Gasteiger partial charge in [0.15, 0.2) is 0 Å². The van der Waals surface area contributed by atoms with Gasteiger partial charge in [0.1, 0.15) is 0 Å². The van der Waals surface area contributed by atoms with Crippen molar-refractivity contribution in [3.8, 4) is 0 Å². The Labute approximate surface area is 122 Å². The summed E-state index contributed by atoms with van der Waals surface area (Å²) in [5.41, 5.74) is 0.968. The number of nitrogens with zero attached hydrogens (tertiary/aromatic N) is 2. The first kappa shape index (κ1) is 14.7. The van der Waals surface area contributed by atoms with Crippen molar-refractivity contribution < 1.29 is 14.7 Å². The van der Waals surface area contributed by atoms with Crippen LogP contribution in [0.3, 0.4) is 0 Å². The van der Waals surface area contributed by atoms with Gasteiger partial charge in [-0.25, -0.2) is 4.79 Å². The summed E-state index contributed by atoms with van der Waals surface area (Å²) in [6.45, 7) is 1.52. The molecule has 1 aromatic rings. The Morgan fingerprint density at radius 3 is 2.75 bits per heavy atom. The van der Waals surface area contributed by atoms with Crippen LogP contribution in [0.4, 0.5) is 4.79 Å². The molecule has 2 amide bonds. The number of amides is 2. The van der Waals surface area contributed by atoms with Crippen LogP contribution in [0.2, 0.25) is 5.02 Å². The van der Waals surface area contributed by atoms with Crippen LogP contribution >= 0.6 is 11.6 Å². The third kappa shape index (κ3) is 3.63. The number of carbonyl (C=O) groups is 2. The molecular weight excluding hydrogens is 280 g/mol. The van der Waals surface area contributed by atoms with Crippen molar-refractivity contribution in [2.24, 2.45) is 5.92 Å². The van der Waals surface area contributed by atoms with Gasteiger partial charge in [-0.3, -0.25) is 4.79 Å². The van der Waals surface area contributed by atoms with E-state index >= 15 is 0 Å². The monoisotopic (exact) mass is 296 g/mol. The number of hydrogen-bond donors (Lipinski definition) is 1. The van der Waals surface area contributed by atoms with Crippen LogP contribution in [0.5, 0.6) is 0 Å². The lowest BCUT2D eigenvalue weighted by atomic mass is 9.97. The van der Waals surface area contributed by atoms with Gasteiger partial charge in [-0.15, -0.1) is 0 Å². The first-order valence-corrected chi connectivity index (χ1v) is 6.80. The Hall–Kier alpha value is -1.75.